The lowest BCUT2D eigenvalue weighted by atomic mass is 10.1. The van der Waals surface area contributed by atoms with E-state index in [1.54, 1.807) is 25.1 Å². The zero-order chi connectivity index (χ0) is 17.4. The van der Waals surface area contributed by atoms with Crippen LogP contribution in [0.3, 0.4) is 0 Å². The van der Waals surface area contributed by atoms with Crippen LogP contribution in [0.1, 0.15) is 33.4 Å². The molecular formula is C19H17N3O3. The van der Waals surface area contributed by atoms with Crippen molar-refractivity contribution in [3.8, 4) is 11.4 Å². The lowest BCUT2D eigenvalue weighted by Crippen LogP contribution is -2.33. The molecule has 0 saturated carbocycles. The van der Waals surface area contributed by atoms with Crippen molar-refractivity contribution in [2.45, 2.75) is 25.5 Å². The summed E-state index contributed by atoms with van der Waals surface area (Å²) in [6.45, 7) is 1.71. The van der Waals surface area contributed by atoms with Gasteiger partial charge >= 0.3 is 0 Å². The minimum absolute atomic E-state index is 0.247. The van der Waals surface area contributed by atoms with Crippen molar-refractivity contribution in [2.24, 2.45) is 0 Å². The molecule has 0 radical (unpaired) electrons. The molecule has 1 heterocycles. The highest BCUT2D eigenvalue weighted by molar-refractivity contribution is 5.95. The van der Waals surface area contributed by atoms with Crippen molar-refractivity contribution in [3.63, 3.8) is 0 Å². The maximum atomic E-state index is 12.7. The van der Waals surface area contributed by atoms with Crippen LogP contribution in [-0.2, 0) is 6.42 Å². The molecule has 1 aliphatic rings. The summed E-state index contributed by atoms with van der Waals surface area (Å²) in [5, 5.41) is 17.1. The van der Waals surface area contributed by atoms with Gasteiger partial charge < -0.3 is 14.9 Å². The summed E-state index contributed by atoms with van der Waals surface area (Å²) in [7, 11) is 0. The Labute approximate surface area is 144 Å². The van der Waals surface area contributed by atoms with Crippen LogP contribution in [0.4, 0.5) is 0 Å². The number of fused-ring (bicyclic) bond motifs is 1. The van der Waals surface area contributed by atoms with Gasteiger partial charge in [-0.25, -0.2) is 0 Å². The first-order valence-electron chi connectivity index (χ1n) is 8.09. The van der Waals surface area contributed by atoms with Gasteiger partial charge in [0, 0.05) is 24.5 Å². The minimum atomic E-state index is -0.621. The molecule has 4 rings (SSSR count). The predicted molar refractivity (Wildman–Crippen MR) is 90.8 cm³/mol. The van der Waals surface area contributed by atoms with Crippen molar-refractivity contribution < 1.29 is 14.4 Å². The summed E-state index contributed by atoms with van der Waals surface area (Å²) < 4.78 is 4.99. The summed E-state index contributed by atoms with van der Waals surface area (Å²) >= 11 is 0. The van der Waals surface area contributed by atoms with Gasteiger partial charge in [-0.3, -0.25) is 4.79 Å². The highest BCUT2D eigenvalue weighted by Gasteiger charge is 2.32. The smallest absolute Gasteiger partial charge is 0.251 e. The highest BCUT2D eigenvalue weighted by Crippen LogP contribution is 2.31. The second-order valence-electron chi connectivity index (χ2n) is 6.14. The molecule has 25 heavy (non-hydrogen) atoms. The van der Waals surface area contributed by atoms with Crippen molar-refractivity contribution in [3.05, 3.63) is 71.1 Å². The van der Waals surface area contributed by atoms with E-state index in [1.807, 2.05) is 30.3 Å². The minimum Gasteiger partial charge on any atom is -0.390 e. The molecule has 0 bridgehead atoms. The van der Waals surface area contributed by atoms with Crippen molar-refractivity contribution >= 4 is 5.91 Å². The Kier molecular flexibility index (Phi) is 3.82. The molecule has 2 atom stereocenters. The second-order valence-corrected chi connectivity index (χ2v) is 6.14. The summed E-state index contributed by atoms with van der Waals surface area (Å²) in [5.74, 6) is 0.664. The topological polar surface area (TPSA) is 88.2 Å². The van der Waals surface area contributed by atoms with E-state index < -0.39 is 12.1 Å². The van der Waals surface area contributed by atoms with Gasteiger partial charge in [-0.15, -0.1) is 0 Å². The first-order chi connectivity index (χ1) is 12.1. The van der Waals surface area contributed by atoms with Crippen molar-refractivity contribution in [1.29, 1.82) is 0 Å². The average Bonchev–Trinajstić information content (AvgIpc) is 3.19. The summed E-state index contributed by atoms with van der Waals surface area (Å²) in [6, 6.07) is 14.4. The van der Waals surface area contributed by atoms with Crippen LogP contribution in [0, 0.1) is 6.92 Å². The van der Waals surface area contributed by atoms with E-state index in [0.717, 1.165) is 11.1 Å². The Morgan fingerprint density at radius 1 is 1.24 bits per heavy atom. The maximum absolute atomic E-state index is 12.7. The maximum Gasteiger partial charge on any atom is 0.251 e. The van der Waals surface area contributed by atoms with Gasteiger partial charge in [0.25, 0.3) is 5.91 Å². The number of aliphatic hydroxyl groups is 1. The molecule has 6 heteroatoms. The molecule has 1 amide bonds. The number of amides is 1. The van der Waals surface area contributed by atoms with E-state index in [2.05, 4.69) is 15.5 Å². The Morgan fingerprint density at radius 2 is 2.08 bits per heavy atom. The third-order valence-electron chi connectivity index (χ3n) is 4.40. The lowest BCUT2D eigenvalue weighted by molar-refractivity contribution is 0.0858. The zero-order valence-electron chi connectivity index (χ0n) is 13.6. The summed E-state index contributed by atoms with van der Waals surface area (Å²) in [5.41, 5.74) is 3.22. The Bertz CT molecular complexity index is 935. The largest absolute Gasteiger partial charge is 0.390 e. The molecule has 2 N–H and O–H groups in total. The van der Waals surface area contributed by atoms with Crippen molar-refractivity contribution in [2.75, 3.05) is 0 Å². The lowest BCUT2D eigenvalue weighted by Gasteiger charge is -2.18. The molecular weight excluding hydrogens is 318 g/mol. The van der Waals surface area contributed by atoms with Crippen LogP contribution in [0.2, 0.25) is 0 Å². The van der Waals surface area contributed by atoms with Crippen LogP contribution in [0.5, 0.6) is 0 Å². The summed E-state index contributed by atoms with van der Waals surface area (Å²) in [4.78, 5) is 16.8. The molecule has 3 aromatic rings. The van der Waals surface area contributed by atoms with E-state index in [1.165, 1.54) is 0 Å². The number of aryl methyl sites for hydroxylation is 1. The zero-order valence-corrected chi connectivity index (χ0v) is 13.6. The van der Waals surface area contributed by atoms with Crippen LogP contribution < -0.4 is 5.32 Å². The quantitative estimate of drug-likeness (QED) is 0.767. The standard InChI is InChI=1S/C19H17N3O3/c1-11-20-18(22-25-11)13-6-4-7-14(9-13)19(24)21-17-15-8-3-2-5-12(15)10-16(17)23/h2-9,16-17,23H,10H2,1H3,(H,21,24). The van der Waals surface area contributed by atoms with E-state index >= 15 is 0 Å². The number of carbonyl (C=O) groups is 1. The number of aromatic nitrogens is 2. The van der Waals surface area contributed by atoms with Gasteiger partial charge in [0.15, 0.2) is 0 Å². The van der Waals surface area contributed by atoms with Gasteiger partial charge in [-0.2, -0.15) is 4.98 Å². The SMILES string of the molecule is Cc1nc(-c2cccc(C(=O)NC3c4ccccc4CC3O)c2)no1. The third-order valence-corrected chi connectivity index (χ3v) is 4.40. The number of hydrogen-bond donors (Lipinski definition) is 2. The fourth-order valence-corrected chi connectivity index (χ4v) is 3.19. The predicted octanol–water partition coefficient (Wildman–Crippen LogP) is 2.43. The number of carbonyl (C=O) groups excluding carboxylic acids is 1. The van der Waals surface area contributed by atoms with Gasteiger partial charge in [0.2, 0.25) is 11.7 Å². The molecule has 1 aliphatic carbocycles. The molecule has 2 aromatic carbocycles. The summed E-state index contributed by atoms with van der Waals surface area (Å²) in [6.07, 6.45) is -0.0760. The molecule has 1 aromatic heterocycles. The van der Waals surface area contributed by atoms with E-state index in [-0.39, 0.29) is 5.91 Å². The first kappa shape index (κ1) is 15.5. The number of rotatable bonds is 3. The molecule has 0 aliphatic heterocycles. The van der Waals surface area contributed by atoms with E-state index in [9.17, 15) is 9.90 Å². The molecule has 2 unspecified atom stereocenters. The third kappa shape index (κ3) is 2.92. The normalized spacial score (nSPS) is 18.8. The fourth-order valence-electron chi connectivity index (χ4n) is 3.19. The van der Waals surface area contributed by atoms with Crippen molar-refractivity contribution in [1.82, 2.24) is 15.5 Å². The molecule has 126 valence electrons. The fraction of sp³-hybridized carbons (Fsp3) is 0.211. The number of nitrogens with zero attached hydrogens (tertiary/aromatic N) is 2. The second kappa shape index (κ2) is 6.14. The Hall–Kier alpha value is -2.99. The number of nitrogens with one attached hydrogen (secondary N) is 1. The van der Waals surface area contributed by atoms with E-state index in [0.29, 0.717) is 29.3 Å². The van der Waals surface area contributed by atoms with Crippen LogP contribution in [0.15, 0.2) is 53.1 Å². The number of benzene rings is 2. The highest BCUT2D eigenvalue weighted by atomic mass is 16.5. The Morgan fingerprint density at radius 3 is 2.88 bits per heavy atom. The average molecular weight is 335 g/mol. The van der Waals surface area contributed by atoms with Gasteiger partial charge in [-0.05, 0) is 23.3 Å². The first-order valence-corrected chi connectivity index (χ1v) is 8.09. The molecule has 0 spiro atoms. The monoisotopic (exact) mass is 335 g/mol. The Balaban J connectivity index is 1.58. The van der Waals surface area contributed by atoms with Crippen LogP contribution >= 0.6 is 0 Å². The molecule has 6 nitrogen and oxygen atoms in total. The molecule has 0 saturated heterocycles. The van der Waals surface area contributed by atoms with Crippen LogP contribution in [0.25, 0.3) is 11.4 Å². The number of hydrogen-bond acceptors (Lipinski definition) is 5. The van der Waals surface area contributed by atoms with Gasteiger partial charge in [-0.1, -0.05) is 41.6 Å². The van der Waals surface area contributed by atoms with E-state index in [4.69, 9.17) is 4.52 Å². The van der Waals surface area contributed by atoms with Gasteiger partial charge in [0.1, 0.15) is 0 Å². The molecule has 0 fully saturated rings. The van der Waals surface area contributed by atoms with Crippen LogP contribution in [-0.4, -0.2) is 27.3 Å². The number of aliphatic hydroxyl groups excluding tert-OH is 1. The van der Waals surface area contributed by atoms with Gasteiger partial charge in [0.05, 0.1) is 12.1 Å².